The predicted molar refractivity (Wildman–Crippen MR) is 97.1 cm³/mol. The zero-order valence-corrected chi connectivity index (χ0v) is 14.0. The van der Waals surface area contributed by atoms with Crippen molar-refractivity contribution >= 4 is 16.7 Å². The van der Waals surface area contributed by atoms with Crippen LogP contribution in [0, 0.1) is 32.1 Å². The van der Waals surface area contributed by atoms with Crippen LogP contribution in [0.1, 0.15) is 22.3 Å². The number of fused-ring (bicyclic) bond motifs is 3. The first kappa shape index (κ1) is 14.5. The third-order valence-electron chi connectivity index (χ3n) is 4.69. The lowest BCUT2D eigenvalue weighted by Crippen LogP contribution is -1.98. The minimum atomic E-state index is 0.638. The van der Waals surface area contributed by atoms with E-state index in [2.05, 4.69) is 54.6 Å². The highest BCUT2D eigenvalue weighted by Gasteiger charge is 2.16. The minimum Gasteiger partial charge on any atom is -0.291 e. The largest absolute Gasteiger partial charge is 0.291 e. The van der Waals surface area contributed by atoms with Crippen molar-refractivity contribution in [2.75, 3.05) is 0 Å². The van der Waals surface area contributed by atoms with Gasteiger partial charge in [-0.25, -0.2) is 4.98 Å². The molecule has 2 heterocycles. The van der Waals surface area contributed by atoms with Crippen LogP contribution < -0.4 is 0 Å². The SMILES string of the molecule is Cc1ccc(-c2cc(C)c(C#N)c3nc4ccccc4n23)cc1C. The fourth-order valence-corrected chi connectivity index (χ4v) is 3.21. The van der Waals surface area contributed by atoms with Crippen molar-refractivity contribution in [2.45, 2.75) is 20.8 Å². The third kappa shape index (κ3) is 2.00. The first-order valence-corrected chi connectivity index (χ1v) is 7.98. The van der Waals surface area contributed by atoms with E-state index in [1.165, 1.54) is 11.1 Å². The Morgan fingerprint density at radius 1 is 0.917 bits per heavy atom. The second-order valence-corrected chi connectivity index (χ2v) is 6.26. The van der Waals surface area contributed by atoms with Crippen LogP contribution >= 0.6 is 0 Å². The Morgan fingerprint density at radius 3 is 2.46 bits per heavy atom. The number of aromatic nitrogens is 2. The molecule has 0 spiro atoms. The van der Waals surface area contributed by atoms with Crippen LogP contribution in [0.4, 0.5) is 0 Å². The maximum Gasteiger partial charge on any atom is 0.156 e. The van der Waals surface area contributed by atoms with E-state index in [9.17, 15) is 5.26 Å². The van der Waals surface area contributed by atoms with E-state index in [1.807, 2.05) is 25.1 Å². The number of nitriles is 1. The molecule has 0 bridgehead atoms. The normalized spacial score (nSPS) is 11.1. The lowest BCUT2D eigenvalue weighted by Gasteiger charge is -2.12. The molecule has 0 N–H and O–H groups in total. The van der Waals surface area contributed by atoms with Crippen LogP contribution in [0.5, 0.6) is 0 Å². The fourth-order valence-electron chi connectivity index (χ4n) is 3.21. The smallest absolute Gasteiger partial charge is 0.156 e. The highest BCUT2D eigenvalue weighted by molar-refractivity contribution is 5.86. The Hall–Kier alpha value is -3.12. The van der Waals surface area contributed by atoms with E-state index in [4.69, 9.17) is 4.98 Å². The molecule has 0 atom stereocenters. The van der Waals surface area contributed by atoms with Gasteiger partial charge in [0, 0.05) is 0 Å². The van der Waals surface area contributed by atoms with Crippen molar-refractivity contribution < 1.29 is 0 Å². The molecule has 3 nitrogen and oxygen atoms in total. The van der Waals surface area contributed by atoms with E-state index in [-0.39, 0.29) is 0 Å². The van der Waals surface area contributed by atoms with Gasteiger partial charge in [0.25, 0.3) is 0 Å². The number of para-hydroxylation sites is 2. The van der Waals surface area contributed by atoms with Gasteiger partial charge in [0.2, 0.25) is 0 Å². The van der Waals surface area contributed by atoms with Gasteiger partial charge in [0.15, 0.2) is 5.65 Å². The van der Waals surface area contributed by atoms with Gasteiger partial charge in [0.05, 0.1) is 22.3 Å². The number of benzene rings is 2. The summed E-state index contributed by atoms with van der Waals surface area (Å²) in [6, 6.07) is 18.9. The zero-order valence-electron chi connectivity index (χ0n) is 14.0. The molecule has 0 saturated carbocycles. The summed E-state index contributed by atoms with van der Waals surface area (Å²) < 4.78 is 2.10. The van der Waals surface area contributed by atoms with Gasteiger partial charge in [-0.2, -0.15) is 5.26 Å². The van der Waals surface area contributed by atoms with E-state index >= 15 is 0 Å². The summed E-state index contributed by atoms with van der Waals surface area (Å²) >= 11 is 0. The number of pyridine rings is 1. The molecule has 0 amide bonds. The highest BCUT2D eigenvalue weighted by Crippen LogP contribution is 2.30. The topological polar surface area (TPSA) is 41.1 Å². The second kappa shape index (κ2) is 5.21. The van der Waals surface area contributed by atoms with Crippen LogP contribution in [0.3, 0.4) is 0 Å². The molecule has 4 rings (SSSR count). The van der Waals surface area contributed by atoms with Gasteiger partial charge in [-0.05, 0) is 67.3 Å². The molecule has 0 fully saturated rings. The van der Waals surface area contributed by atoms with Crippen molar-refractivity contribution in [2.24, 2.45) is 0 Å². The molecule has 116 valence electrons. The molecule has 0 radical (unpaired) electrons. The summed E-state index contributed by atoms with van der Waals surface area (Å²) in [5, 5.41) is 9.58. The third-order valence-corrected chi connectivity index (χ3v) is 4.69. The molecule has 3 heteroatoms. The number of imidazole rings is 1. The van der Waals surface area contributed by atoms with Crippen LogP contribution in [-0.2, 0) is 0 Å². The van der Waals surface area contributed by atoms with E-state index in [1.54, 1.807) is 0 Å². The summed E-state index contributed by atoms with van der Waals surface area (Å²) in [5.41, 5.74) is 8.99. The molecular weight excluding hydrogens is 294 g/mol. The maximum atomic E-state index is 9.58. The van der Waals surface area contributed by atoms with Crippen LogP contribution in [-0.4, -0.2) is 9.38 Å². The Bertz CT molecular complexity index is 1140. The Morgan fingerprint density at radius 2 is 1.71 bits per heavy atom. The average Bonchev–Trinajstić information content (AvgIpc) is 2.96. The summed E-state index contributed by atoms with van der Waals surface area (Å²) in [6.07, 6.45) is 0. The monoisotopic (exact) mass is 311 g/mol. The van der Waals surface area contributed by atoms with Gasteiger partial charge in [-0.15, -0.1) is 0 Å². The quantitative estimate of drug-likeness (QED) is 0.499. The second-order valence-electron chi connectivity index (χ2n) is 6.26. The Kier molecular flexibility index (Phi) is 3.14. The van der Waals surface area contributed by atoms with Crippen molar-refractivity contribution in [3.05, 3.63) is 70.8 Å². The summed E-state index contributed by atoms with van der Waals surface area (Å²) in [7, 11) is 0. The average molecular weight is 311 g/mol. The zero-order chi connectivity index (χ0) is 16.8. The molecular formula is C21H17N3. The number of hydrogen-bond donors (Lipinski definition) is 0. The molecule has 24 heavy (non-hydrogen) atoms. The highest BCUT2D eigenvalue weighted by atomic mass is 15.0. The molecule has 0 aliphatic heterocycles. The molecule has 0 aliphatic carbocycles. The fraction of sp³-hybridized carbons (Fsp3) is 0.143. The van der Waals surface area contributed by atoms with Crippen LogP contribution in [0.15, 0.2) is 48.5 Å². The van der Waals surface area contributed by atoms with Crippen LogP contribution in [0.25, 0.3) is 27.9 Å². The first-order chi connectivity index (χ1) is 11.6. The van der Waals surface area contributed by atoms with E-state index in [0.717, 1.165) is 33.5 Å². The van der Waals surface area contributed by atoms with Crippen molar-refractivity contribution in [3.8, 4) is 17.3 Å². The van der Waals surface area contributed by atoms with E-state index < -0.39 is 0 Å². The molecule has 0 unspecified atom stereocenters. The number of nitrogens with zero attached hydrogens (tertiary/aromatic N) is 3. The number of aryl methyl sites for hydroxylation is 3. The molecule has 2 aromatic carbocycles. The summed E-state index contributed by atoms with van der Waals surface area (Å²) in [6.45, 7) is 6.21. The van der Waals surface area contributed by atoms with Crippen molar-refractivity contribution in [1.82, 2.24) is 9.38 Å². The lowest BCUT2D eigenvalue weighted by molar-refractivity contribution is 1.19. The summed E-state index contributed by atoms with van der Waals surface area (Å²) in [5.74, 6) is 0. The van der Waals surface area contributed by atoms with Crippen molar-refractivity contribution in [1.29, 1.82) is 5.26 Å². The molecule has 0 saturated heterocycles. The maximum absolute atomic E-state index is 9.58. The number of hydrogen-bond acceptors (Lipinski definition) is 2. The number of rotatable bonds is 1. The van der Waals surface area contributed by atoms with Gasteiger partial charge in [-0.1, -0.05) is 24.3 Å². The predicted octanol–water partition coefficient (Wildman–Crippen LogP) is 4.95. The van der Waals surface area contributed by atoms with Gasteiger partial charge in [0.1, 0.15) is 6.07 Å². The summed E-state index contributed by atoms with van der Waals surface area (Å²) in [4.78, 5) is 4.71. The minimum absolute atomic E-state index is 0.638. The van der Waals surface area contributed by atoms with Gasteiger partial charge >= 0.3 is 0 Å². The van der Waals surface area contributed by atoms with Gasteiger partial charge < -0.3 is 0 Å². The molecule has 4 aromatic rings. The standard InChI is InChI=1S/C21H17N3/c1-13-8-9-16(10-14(13)2)20-11-15(3)17(12-22)21-23-18-6-4-5-7-19(18)24(20)21/h4-11H,1-3H3. The van der Waals surface area contributed by atoms with E-state index in [0.29, 0.717) is 5.56 Å². The Balaban J connectivity index is 2.19. The lowest BCUT2D eigenvalue weighted by atomic mass is 10.0. The van der Waals surface area contributed by atoms with Crippen molar-refractivity contribution in [3.63, 3.8) is 0 Å². The van der Waals surface area contributed by atoms with Gasteiger partial charge in [-0.3, -0.25) is 4.40 Å². The van der Waals surface area contributed by atoms with Crippen LogP contribution in [0.2, 0.25) is 0 Å². The first-order valence-electron chi connectivity index (χ1n) is 7.98. The molecule has 0 aliphatic rings. The Labute approximate surface area is 140 Å². The molecule has 2 aromatic heterocycles.